The maximum Gasteiger partial charge on any atom is 0.407 e. The van der Waals surface area contributed by atoms with Gasteiger partial charge in [-0.15, -0.1) is 0 Å². The second-order valence-corrected chi connectivity index (χ2v) is 8.26. The Morgan fingerprint density at radius 3 is 2.62 bits per heavy atom. The molecule has 1 rings (SSSR count). The molecule has 0 radical (unpaired) electrons. The minimum Gasteiger partial charge on any atom is -0.444 e. The van der Waals surface area contributed by atoms with Crippen LogP contribution in [0.4, 0.5) is 4.79 Å². The smallest absolute Gasteiger partial charge is 0.407 e. The van der Waals surface area contributed by atoms with Crippen molar-refractivity contribution in [2.75, 3.05) is 19.3 Å². The third-order valence-corrected chi connectivity index (χ3v) is 4.86. The molecule has 0 aliphatic heterocycles. The van der Waals surface area contributed by atoms with Crippen LogP contribution in [0, 0.1) is 5.92 Å². The van der Waals surface area contributed by atoms with Crippen molar-refractivity contribution in [2.45, 2.75) is 70.3 Å². The number of ether oxygens (including phenoxy) is 1. The van der Waals surface area contributed by atoms with Crippen molar-refractivity contribution in [1.29, 1.82) is 0 Å². The Labute approximate surface area is 134 Å². The topological polar surface area (TPSA) is 50.4 Å². The zero-order valence-electron chi connectivity index (χ0n) is 14.2. The van der Waals surface area contributed by atoms with Crippen LogP contribution < -0.4 is 10.6 Å². The van der Waals surface area contributed by atoms with Crippen LogP contribution in [0.25, 0.3) is 0 Å². The molecule has 0 saturated heterocycles. The summed E-state index contributed by atoms with van der Waals surface area (Å²) in [6.45, 7) is 9.66. The minimum absolute atomic E-state index is 0.302. The maximum atomic E-state index is 11.8. The Balaban J connectivity index is 2.37. The van der Waals surface area contributed by atoms with E-state index >= 15 is 0 Å². The highest BCUT2D eigenvalue weighted by atomic mass is 32.2. The molecule has 3 atom stereocenters. The van der Waals surface area contributed by atoms with Gasteiger partial charge in [0.2, 0.25) is 0 Å². The number of hydrogen-bond acceptors (Lipinski definition) is 4. The van der Waals surface area contributed by atoms with Gasteiger partial charge >= 0.3 is 6.09 Å². The monoisotopic (exact) mass is 316 g/mol. The summed E-state index contributed by atoms with van der Waals surface area (Å²) < 4.78 is 5.31. The van der Waals surface area contributed by atoms with Crippen LogP contribution in [0.3, 0.4) is 0 Å². The molecule has 3 unspecified atom stereocenters. The lowest BCUT2D eigenvalue weighted by atomic mass is 9.84. The quantitative estimate of drug-likeness (QED) is 0.788. The Bertz CT molecular complexity index is 318. The SMILES string of the molecule is CSC(C)CNC1CCCCC1CNC(=O)OC(C)(C)C. The average Bonchev–Trinajstić information content (AvgIpc) is 2.41. The summed E-state index contributed by atoms with van der Waals surface area (Å²) in [6.07, 6.45) is 6.78. The molecule has 1 aliphatic rings. The van der Waals surface area contributed by atoms with E-state index in [0.29, 0.717) is 23.8 Å². The predicted octanol–water partition coefficient (Wildman–Crippen LogP) is 3.41. The normalized spacial score (nSPS) is 24.4. The summed E-state index contributed by atoms with van der Waals surface area (Å²) in [5, 5.41) is 7.25. The number of amides is 1. The summed E-state index contributed by atoms with van der Waals surface area (Å²) in [5.41, 5.74) is -0.428. The molecule has 21 heavy (non-hydrogen) atoms. The highest BCUT2D eigenvalue weighted by Crippen LogP contribution is 2.24. The van der Waals surface area contributed by atoms with E-state index in [2.05, 4.69) is 23.8 Å². The van der Waals surface area contributed by atoms with Gasteiger partial charge in [-0.05, 0) is 45.8 Å². The zero-order chi connectivity index (χ0) is 15.9. The fourth-order valence-corrected chi connectivity index (χ4v) is 2.91. The van der Waals surface area contributed by atoms with Gasteiger partial charge in [0, 0.05) is 24.4 Å². The first-order chi connectivity index (χ1) is 9.81. The third kappa shape index (κ3) is 7.96. The van der Waals surface area contributed by atoms with Crippen LogP contribution in [0.5, 0.6) is 0 Å². The van der Waals surface area contributed by atoms with Crippen molar-refractivity contribution < 1.29 is 9.53 Å². The van der Waals surface area contributed by atoms with Crippen molar-refractivity contribution in [3.63, 3.8) is 0 Å². The standard InChI is InChI=1S/C16H32N2O2S/c1-12(21-5)10-17-14-9-7-6-8-13(14)11-18-15(19)20-16(2,3)4/h12-14,17H,6-11H2,1-5H3,(H,18,19). The number of thioether (sulfide) groups is 1. The molecule has 0 aromatic carbocycles. The fraction of sp³-hybridized carbons (Fsp3) is 0.938. The number of nitrogens with one attached hydrogen (secondary N) is 2. The van der Waals surface area contributed by atoms with Crippen LogP contribution in [0.1, 0.15) is 53.4 Å². The summed E-state index contributed by atoms with van der Waals surface area (Å²) in [4.78, 5) is 11.8. The van der Waals surface area contributed by atoms with Crippen molar-refractivity contribution >= 4 is 17.9 Å². The zero-order valence-corrected chi connectivity index (χ0v) is 15.0. The predicted molar refractivity (Wildman–Crippen MR) is 91.0 cm³/mol. The van der Waals surface area contributed by atoms with E-state index in [1.807, 2.05) is 32.5 Å². The first-order valence-electron chi connectivity index (χ1n) is 8.05. The van der Waals surface area contributed by atoms with Crippen molar-refractivity contribution in [3.8, 4) is 0 Å². The van der Waals surface area contributed by atoms with Crippen LogP contribution >= 0.6 is 11.8 Å². The Morgan fingerprint density at radius 1 is 1.33 bits per heavy atom. The molecule has 0 heterocycles. The molecule has 1 amide bonds. The lowest BCUT2D eigenvalue weighted by Crippen LogP contribution is -2.46. The van der Waals surface area contributed by atoms with E-state index in [0.717, 1.165) is 6.54 Å². The first kappa shape index (κ1) is 18.6. The van der Waals surface area contributed by atoms with Crippen LogP contribution in [0.15, 0.2) is 0 Å². The van der Waals surface area contributed by atoms with Gasteiger partial charge in [0.1, 0.15) is 5.60 Å². The highest BCUT2D eigenvalue weighted by molar-refractivity contribution is 7.99. The number of carbonyl (C=O) groups excluding carboxylic acids is 1. The molecule has 1 saturated carbocycles. The van der Waals surface area contributed by atoms with Gasteiger partial charge in [-0.3, -0.25) is 0 Å². The lowest BCUT2D eigenvalue weighted by Gasteiger charge is -2.33. The lowest BCUT2D eigenvalue weighted by molar-refractivity contribution is 0.0510. The number of hydrogen-bond donors (Lipinski definition) is 2. The summed E-state index contributed by atoms with van der Waals surface area (Å²) in [6, 6.07) is 0.517. The summed E-state index contributed by atoms with van der Waals surface area (Å²) >= 11 is 1.89. The van der Waals surface area contributed by atoms with Crippen molar-refractivity contribution in [1.82, 2.24) is 10.6 Å². The van der Waals surface area contributed by atoms with E-state index < -0.39 is 5.60 Å². The third-order valence-electron chi connectivity index (χ3n) is 3.89. The van der Waals surface area contributed by atoms with E-state index in [4.69, 9.17) is 4.74 Å². The largest absolute Gasteiger partial charge is 0.444 e. The molecule has 124 valence electrons. The van der Waals surface area contributed by atoms with Crippen LogP contribution in [0.2, 0.25) is 0 Å². The van der Waals surface area contributed by atoms with Gasteiger partial charge < -0.3 is 15.4 Å². The second-order valence-electron chi connectivity index (χ2n) is 6.99. The van der Waals surface area contributed by atoms with Crippen LogP contribution in [-0.2, 0) is 4.74 Å². The average molecular weight is 317 g/mol. The molecular weight excluding hydrogens is 284 g/mol. The Morgan fingerprint density at radius 2 is 2.00 bits per heavy atom. The number of alkyl carbamates (subject to hydrolysis) is 1. The Kier molecular flexibility index (Phi) is 7.88. The molecule has 0 aromatic heterocycles. The van der Waals surface area contributed by atoms with E-state index in [9.17, 15) is 4.79 Å². The molecule has 5 heteroatoms. The molecular formula is C16H32N2O2S. The fourth-order valence-electron chi connectivity index (χ4n) is 2.65. The number of carbonyl (C=O) groups is 1. The molecule has 0 aromatic rings. The molecule has 0 bridgehead atoms. The van der Waals surface area contributed by atoms with E-state index in [1.165, 1.54) is 25.7 Å². The minimum atomic E-state index is -0.428. The maximum absolute atomic E-state index is 11.8. The van der Waals surface area contributed by atoms with Gasteiger partial charge in [-0.25, -0.2) is 4.79 Å². The first-order valence-corrected chi connectivity index (χ1v) is 9.33. The molecule has 2 N–H and O–H groups in total. The number of rotatable bonds is 6. The van der Waals surface area contributed by atoms with Crippen molar-refractivity contribution in [3.05, 3.63) is 0 Å². The summed E-state index contributed by atoms with van der Waals surface area (Å²) in [5.74, 6) is 0.514. The summed E-state index contributed by atoms with van der Waals surface area (Å²) in [7, 11) is 0. The van der Waals surface area contributed by atoms with E-state index in [1.54, 1.807) is 0 Å². The van der Waals surface area contributed by atoms with Gasteiger partial charge in [0.15, 0.2) is 0 Å². The van der Waals surface area contributed by atoms with Gasteiger partial charge in [0.25, 0.3) is 0 Å². The highest BCUT2D eigenvalue weighted by Gasteiger charge is 2.26. The van der Waals surface area contributed by atoms with E-state index in [-0.39, 0.29) is 6.09 Å². The van der Waals surface area contributed by atoms with Gasteiger partial charge in [-0.2, -0.15) is 11.8 Å². The second kappa shape index (κ2) is 8.89. The van der Waals surface area contributed by atoms with Gasteiger partial charge in [-0.1, -0.05) is 19.8 Å². The van der Waals surface area contributed by atoms with Gasteiger partial charge in [0.05, 0.1) is 0 Å². The molecule has 0 spiro atoms. The molecule has 1 aliphatic carbocycles. The van der Waals surface area contributed by atoms with Crippen molar-refractivity contribution in [2.24, 2.45) is 5.92 Å². The molecule has 4 nitrogen and oxygen atoms in total. The van der Waals surface area contributed by atoms with Crippen LogP contribution in [-0.4, -0.2) is 42.3 Å². The Hall–Kier alpha value is -0.420. The molecule has 1 fully saturated rings.